The van der Waals surface area contributed by atoms with Crippen molar-refractivity contribution in [2.24, 2.45) is 0 Å². The molecule has 0 aliphatic carbocycles. The van der Waals surface area contributed by atoms with Gasteiger partial charge in [0.25, 0.3) is 5.91 Å². The van der Waals surface area contributed by atoms with Gasteiger partial charge in [-0.3, -0.25) is 4.79 Å². The second-order valence-electron chi connectivity index (χ2n) is 4.52. The third-order valence-electron chi connectivity index (χ3n) is 3.27. The van der Waals surface area contributed by atoms with Gasteiger partial charge in [0.1, 0.15) is 0 Å². The van der Waals surface area contributed by atoms with Crippen molar-refractivity contribution in [3.05, 3.63) is 24.2 Å². The van der Waals surface area contributed by atoms with Gasteiger partial charge in [-0.1, -0.05) is 0 Å². The Morgan fingerprint density at radius 1 is 1.47 bits per heavy atom. The highest BCUT2D eigenvalue weighted by Gasteiger charge is 2.42. The van der Waals surface area contributed by atoms with Crippen molar-refractivity contribution in [2.75, 3.05) is 19.7 Å². The standard InChI is InChI=1S/C13H17NO5/c1-2-18-12(16)13(17)5-7-14(8-6-13)11(15)10-4-3-9-19-10/h3-4,9,17H,2,5-8H2,1H3. The number of amides is 1. The first-order valence-corrected chi connectivity index (χ1v) is 6.29. The van der Waals surface area contributed by atoms with Crippen molar-refractivity contribution < 1.29 is 23.8 Å². The fourth-order valence-electron chi connectivity index (χ4n) is 2.11. The summed E-state index contributed by atoms with van der Waals surface area (Å²) in [6.07, 6.45) is 1.79. The molecule has 0 radical (unpaired) electrons. The number of ether oxygens (including phenoxy) is 1. The minimum atomic E-state index is -1.48. The summed E-state index contributed by atoms with van der Waals surface area (Å²) in [5.74, 6) is -0.572. The minimum Gasteiger partial charge on any atom is -0.464 e. The highest BCUT2D eigenvalue weighted by atomic mass is 16.5. The molecule has 1 aliphatic rings. The number of furan rings is 1. The number of carbonyl (C=O) groups is 2. The Morgan fingerprint density at radius 2 is 2.16 bits per heavy atom. The van der Waals surface area contributed by atoms with E-state index in [0.29, 0.717) is 13.1 Å². The Hall–Kier alpha value is -1.82. The van der Waals surface area contributed by atoms with Crippen molar-refractivity contribution in [1.29, 1.82) is 0 Å². The van der Waals surface area contributed by atoms with Crippen LogP contribution in [0.1, 0.15) is 30.3 Å². The Labute approximate surface area is 110 Å². The van der Waals surface area contributed by atoms with Crippen LogP contribution in [0.4, 0.5) is 0 Å². The van der Waals surface area contributed by atoms with E-state index >= 15 is 0 Å². The van der Waals surface area contributed by atoms with Gasteiger partial charge in [-0.05, 0) is 19.1 Å². The van der Waals surface area contributed by atoms with Crippen LogP contribution in [-0.4, -0.2) is 47.2 Å². The van der Waals surface area contributed by atoms with E-state index in [1.54, 1.807) is 24.0 Å². The number of piperidine rings is 1. The molecular weight excluding hydrogens is 250 g/mol. The van der Waals surface area contributed by atoms with E-state index in [9.17, 15) is 14.7 Å². The van der Waals surface area contributed by atoms with Gasteiger partial charge in [0, 0.05) is 25.9 Å². The molecular formula is C13H17NO5. The Morgan fingerprint density at radius 3 is 2.68 bits per heavy atom. The molecule has 1 aliphatic heterocycles. The van der Waals surface area contributed by atoms with Gasteiger partial charge in [-0.25, -0.2) is 4.79 Å². The highest BCUT2D eigenvalue weighted by molar-refractivity contribution is 5.91. The second kappa shape index (κ2) is 5.44. The van der Waals surface area contributed by atoms with Crippen LogP contribution in [0, 0.1) is 0 Å². The summed E-state index contributed by atoms with van der Waals surface area (Å²) in [5.41, 5.74) is -1.48. The van der Waals surface area contributed by atoms with Crippen LogP contribution < -0.4 is 0 Å². The maximum absolute atomic E-state index is 12.0. The fourth-order valence-corrected chi connectivity index (χ4v) is 2.11. The van der Waals surface area contributed by atoms with E-state index in [2.05, 4.69) is 0 Å². The van der Waals surface area contributed by atoms with Gasteiger partial charge in [0.15, 0.2) is 11.4 Å². The summed E-state index contributed by atoms with van der Waals surface area (Å²) < 4.78 is 9.88. The number of esters is 1. The number of aliphatic hydroxyl groups is 1. The zero-order chi connectivity index (χ0) is 13.9. The van der Waals surface area contributed by atoms with Crippen molar-refractivity contribution >= 4 is 11.9 Å². The summed E-state index contributed by atoms with van der Waals surface area (Å²) in [7, 11) is 0. The number of rotatable bonds is 3. The fraction of sp³-hybridized carbons (Fsp3) is 0.538. The third-order valence-corrected chi connectivity index (χ3v) is 3.27. The molecule has 0 atom stereocenters. The molecule has 1 aromatic heterocycles. The quantitative estimate of drug-likeness (QED) is 0.820. The molecule has 2 rings (SSSR count). The van der Waals surface area contributed by atoms with Gasteiger partial charge in [-0.15, -0.1) is 0 Å². The molecule has 6 nitrogen and oxygen atoms in total. The van der Waals surface area contributed by atoms with Gasteiger partial charge in [-0.2, -0.15) is 0 Å². The van der Waals surface area contributed by atoms with E-state index < -0.39 is 11.6 Å². The van der Waals surface area contributed by atoms with Crippen LogP contribution in [0.15, 0.2) is 22.8 Å². The Balaban J connectivity index is 1.95. The first-order valence-electron chi connectivity index (χ1n) is 6.29. The van der Waals surface area contributed by atoms with Gasteiger partial charge >= 0.3 is 5.97 Å². The Bertz CT molecular complexity index is 446. The van der Waals surface area contributed by atoms with E-state index in [4.69, 9.17) is 9.15 Å². The van der Waals surface area contributed by atoms with Crippen molar-refractivity contribution in [2.45, 2.75) is 25.4 Å². The van der Waals surface area contributed by atoms with Crippen molar-refractivity contribution in [3.63, 3.8) is 0 Å². The molecule has 19 heavy (non-hydrogen) atoms. The first-order chi connectivity index (χ1) is 9.07. The van der Waals surface area contributed by atoms with Crippen LogP contribution in [0.2, 0.25) is 0 Å². The number of hydrogen-bond acceptors (Lipinski definition) is 5. The highest BCUT2D eigenvalue weighted by Crippen LogP contribution is 2.24. The number of likely N-dealkylation sites (tertiary alicyclic amines) is 1. The molecule has 0 aromatic carbocycles. The predicted octanol–water partition coefficient (Wildman–Crippen LogP) is 0.810. The first kappa shape index (κ1) is 13.6. The molecule has 1 fully saturated rings. The number of carbonyl (C=O) groups excluding carboxylic acids is 2. The topological polar surface area (TPSA) is 80.0 Å². The van der Waals surface area contributed by atoms with E-state index in [0.717, 1.165) is 0 Å². The SMILES string of the molecule is CCOC(=O)C1(O)CCN(C(=O)c2ccco2)CC1. The van der Waals surface area contributed by atoms with Crippen LogP contribution in [0.5, 0.6) is 0 Å². The molecule has 2 heterocycles. The van der Waals surface area contributed by atoms with Crippen molar-refractivity contribution in [1.82, 2.24) is 4.90 Å². The minimum absolute atomic E-state index is 0.179. The molecule has 1 N–H and O–H groups in total. The Kier molecular flexibility index (Phi) is 3.90. The lowest BCUT2D eigenvalue weighted by Crippen LogP contribution is -2.51. The predicted molar refractivity (Wildman–Crippen MR) is 65.4 cm³/mol. The zero-order valence-electron chi connectivity index (χ0n) is 10.8. The molecule has 6 heteroatoms. The second-order valence-corrected chi connectivity index (χ2v) is 4.52. The lowest BCUT2D eigenvalue weighted by molar-refractivity contribution is -0.169. The molecule has 1 saturated heterocycles. The van der Waals surface area contributed by atoms with Gasteiger partial charge < -0.3 is 19.2 Å². The summed E-state index contributed by atoms with van der Waals surface area (Å²) in [6, 6.07) is 3.24. The van der Waals surface area contributed by atoms with Gasteiger partial charge in [0.2, 0.25) is 0 Å². The van der Waals surface area contributed by atoms with Crippen LogP contribution in [0.3, 0.4) is 0 Å². The van der Waals surface area contributed by atoms with Crippen molar-refractivity contribution in [3.8, 4) is 0 Å². The zero-order valence-corrected chi connectivity index (χ0v) is 10.8. The van der Waals surface area contributed by atoms with E-state index in [1.807, 2.05) is 0 Å². The lowest BCUT2D eigenvalue weighted by Gasteiger charge is -2.35. The largest absolute Gasteiger partial charge is 0.464 e. The average molecular weight is 267 g/mol. The molecule has 0 saturated carbocycles. The summed E-state index contributed by atoms with van der Waals surface area (Å²) >= 11 is 0. The van der Waals surface area contributed by atoms with Crippen LogP contribution >= 0.6 is 0 Å². The number of hydrogen-bond donors (Lipinski definition) is 1. The maximum atomic E-state index is 12.0. The molecule has 1 aromatic rings. The lowest BCUT2D eigenvalue weighted by atomic mass is 9.91. The van der Waals surface area contributed by atoms with Crippen LogP contribution in [-0.2, 0) is 9.53 Å². The average Bonchev–Trinajstić information content (AvgIpc) is 2.93. The normalized spacial score (nSPS) is 18.1. The van der Waals surface area contributed by atoms with E-state index in [1.165, 1.54) is 6.26 Å². The molecule has 0 unspecified atom stereocenters. The van der Waals surface area contributed by atoms with Gasteiger partial charge in [0.05, 0.1) is 12.9 Å². The maximum Gasteiger partial charge on any atom is 0.338 e. The summed E-state index contributed by atoms with van der Waals surface area (Å²) in [4.78, 5) is 25.2. The van der Waals surface area contributed by atoms with E-state index in [-0.39, 0.29) is 31.1 Å². The monoisotopic (exact) mass is 267 g/mol. The molecule has 0 bridgehead atoms. The number of nitrogens with zero attached hydrogens (tertiary/aromatic N) is 1. The third kappa shape index (κ3) is 2.78. The molecule has 0 spiro atoms. The summed E-state index contributed by atoms with van der Waals surface area (Å²) in [5, 5.41) is 10.2. The summed E-state index contributed by atoms with van der Waals surface area (Å²) in [6.45, 7) is 2.52. The van der Waals surface area contributed by atoms with Crippen LogP contribution in [0.25, 0.3) is 0 Å². The smallest absolute Gasteiger partial charge is 0.338 e. The molecule has 104 valence electrons. The molecule has 1 amide bonds.